The average Bonchev–Trinajstić information content (AvgIpc) is 2.64. The summed E-state index contributed by atoms with van der Waals surface area (Å²) in [4.78, 5) is 16.2. The summed E-state index contributed by atoms with van der Waals surface area (Å²) in [7, 11) is 1.72. The van der Waals surface area contributed by atoms with Gasteiger partial charge in [0.1, 0.15) is 0 Å². The van der Waals surface area contributed by atoms with E-state index in [-0.39, 0.29) is 29.9 Å². The molecule has 0 heterocycles. The smallest absolute Gasteiger partial charge is 0.252 e. The van der Waals surface area contributed by atoms with Gasteiger partial charge < -0.3 is 16.0 Å². The molecule has 0 spiro atoms. The summed E-state index contributed by atoms with van der Waals surface area (Å²) >= 11 is 6.01. The molecule has 26 heavy (non-hydrogen) atoms. The average molecular weight is 487 g/mol. The van der Waals surface area contributed by atoms with Crippen LogP contribution in [-0.4, -0.2) is 38.5 Å². The molecular weight excluding hydrogens is 463 g/mol. The van der Waals surface area contributed by atoms with Crippen LogP contribution in [0.3, 0.4) is 0 Å². The zero-order valence-electron chi connectivity index (χ0n) is 14.7. The summed E-state index contributed by atoms with van der Waals surface area (Å²) in [6.07, 6.45) is 0.921. The number of aliphatic imine (C=N–C) groups is 1. The Labute approximate surface area is 176 Å². The Kier molecular flexibility index (Phi) is 10.7. The van der Waals surface area contributed by atoms with Crippen LogP contribution in [0.25, 0.3) is 0 Å². The first-order chi connectivity index (χ1) is 12.2. The number of amides is 1. The number of guanidine groups is 1. The number of nitrogens with one attached hydrogen (secondary N) is 3. The summed E-state index contributed by atoms with van der Waals surface area (Å²) in [5.74, 6) is 0.530. The molecule has 5 nitrogen and oxygen atoms in total. The summed E-state index contributed by atoms with van der Waals surface area (Å²) in [5.41, 5.74) is 1.76. The zero-order chi connectivity index (χ0) is 17.9. The number of carbonyl (C=O) groups excluding carboxylic acids is 1. The Morgan fingerprint density at radius 1 is 0.923 bits per heavy atom. The fraction of sp³-hybridized carbons (Fsp3) is 0.263. The van der Waals surface area contributed by atoms with Gasteiger partial charge in [0, 0.05) is 26.7 Å². The fourth-order valence-electron chi connectivity index (χ4n) is 2.29. The van der Waals surface area contributed by atoms with Gasteiger partial charge in [-0.2, -0.15) is 0 Å². The molecule has 2 rings (SSSR count). The zero-order valence-corrected chi connectivity index (χ0v) is 17.8. The van der Waals surface area contributed by atoms with Crippen LogP contribution in [0, 0.1) is 0 Å². The molecular formula is C19H24ClIN4O. The van der Waals surface area contributed by atoms with Crippen LogP contribution in [0.5, 0.6) is 0 Å². The van der Waals surface area contributed by atoms with Gasteiger partial charge in [-0.1, -0.05) is 54.1 Å². The molecule has 0 unspecified atom stereocenters. The van der Waals surface area contributed by atoms with E-state index in [4.69, 9.17) is 11.6 Å². The highest BCUT2D eigenvalue weighted by Gasteiger charge is 2.08. The van der Waals surface area contributed by atoms with Crippen molar-refractivity contribution in [2.75, 3.05) is 26.7 Å². The largest absolute Gasteiger partial charge is 0.356 e. The Balaban J connectivity index is 0.00000338. The molecule has 0 atom stereocenters. The minimum Gasteiger partial charge on any atom is -0.356 e. The van der Waals surface area contributed by atoms with Gasteiger partial charge in [0.05, 0.1) is 10.6 Å². The molecule has 2 aromatic carbocycles. The number of halogens is 2. The molecule has 0 aromatic heterocycles. The van der Waals surface area contributed by atoms with Crippen molar-refractivity contribution in [1.29, 1.82) is 0 Å². The molecule has 0 saturated heterocycles. The number of hydrogen-bond acceptors (Lipinski definition) is 2. The van der Waals surface area contributed by atoms with Crippen LogP contribution in [0.2, 0.25) is 5.02 Å². The second-order valence-electron chi connectivity index (χ2n) is 5.40. The lowest BCUT2D eigenvalue weighted by molar-refractivity contribution is 0.0954. The van der Waals surface area contributed by atoms with Crippen LogP contribution in [0.1, 0.15) is 15.9 Å². The lowest BCUT2D eigenvalue weighted by atomic mass is 10.1. The van der Waals surface area contributed by atoms with Crippen molar-refractivity contribution in [3.05, 3.63) is 70.7 Å². The van der Waals surface area contributed by atoms with E-state index in [1.165, 1.54) is 5.56 Å². The summed E-state index contributed by atoms with van der Waals surface area (Å²) in [5, 5.41) is 9.70. The van der Waals surface area contributed by atoms with Crippen molar-refractivity contribution in [3.8, 4) is 0 Å². The van der Waals surface area contributed by atoms with Crippen LogP contribution in [0.15, 0.2) is 59.6 Å². The minimum atomic E-state index is -0.181. The number of carbonyl (C=O) groups is 1. The molecule has 0 aliphatic carbocycles. The maximum absolute atomic E-state index is 12.0. The third kappa shape index (κ3) is 7.61. The van der Waals surface area contributed by atoms with Gasteiger partial charge in [-0.25, -0.2) is 0 Å². The molecule has 1 amide bonds. The molecule has 0 aliphatic rings. The summed E-state index contributed by atoms with van der Waals surface area (Å²) in [6, 6.07) is 17.3. The highest BCUT2D eigenvalue weighted by molar-refractivity contribution is 14.0. The maximum atomic E-state index is 12.0. The van der Waals surface area contributed by atoms with Gasteiger partial charge >= 0.3 is 0 Å². The van der Waals surface area contributed by atoms with Gasteiger partial charge in [-0.3, -0.25) is 9.79 Å². The first kappa shape index (κ1) is 22.2. The number of nitrogens with zero attached hydrogens (tertiary/aromatic N) is 1. The van der Waals surface area contributed by atoms with Crippen molar-refractivity contribution in [3.63, 3.8) is 0 Å². The number of benzene rings is 2. The second-order valence-corrected chi connectivity index (χ2v) is 5.80. The molecule has 0 fully saturated rings. The normalized spacial score (nSPS) is 10.6. The van der Waals surface area contributed by atoms with Crippen LogP contribution < -0.4 is 16.0 Å². The predicted octanol–water partition coefficient (Wildman–Crippen LogP) is 3.10. The number of hydrogen-bond donors (Lipinski definition) is 3. The topological polar surface area (TPSA) is 65.5 Å². The third-order valence-electron chi connectivity index (χ3n) is 3.59. The van der Waals surface area contributed by atoms with Gasteiger partial charge in [0.25, 0.3) is 5.91 Å². The third-order valence-corrected chi connectivity index (χ3v) is 3.92. The monoisotopic (exact) mass is 486 g/mol. The van der Waals surface area contributed by atoms with E-state index in [2.05, 4.69) is 33.1 Å². The fourth-order valence-corrected chi connectivity index (χ4v) is 2.51. The predicted molar refractivity (Wildman–Crippen MR) is 119 cm³/mol. The van der Waals surface area contributed by atoms with Crippen molar-refractivity contribution < 1.29 is 4.79 Å². The van der Waals surface area contributed by atoms with Crippen LogP contribution in [0.4, 0.5) is 0 Å². The molecule has 2 aromatic rings. The molecule has 0 saturated carbocycles. The molecule has 0 aliphatic heterocycles. The quantitative estimate of drug-likeness (QED) is 0.244. The van der Waals surface area contributed by atoms with Gasteiger partial charge in [-0.15, -0.1) is 24.0 Å². The van der Waals surface area contributed by atoms with E-state index in [0.717, 1.165) is 13.0 Å². The molecule has 0 bridgehead atoms. The second kappa shape index (κ2) is 12.5. The van der Waals surface area contributed by atoms with Crippen molar-refractivity contribution >= 4 is 47.4 Å². The Morgan fingerprint density at radius 3 is 2.23 bits per heavy atom. The Hall–Kier alpha value is -1.80. The first-order valence-corrected chi connectivity index (χ1v) is 8.59. The minimum absolute atomic E-state index is 0. The summed E-state index contributed by atoms with van der Waals surface area (Å²) in [6.45, 7) is 1.83. The first-order valence-electron chi connectivity index (χ1n) is 8.22. The van der Waals surface area contributed by atoms with Gasteiger partial charge in [0.2, 0.25) is 0 Å². The molecule has 3 N–H and O–H groups in total. The van der Waals surface area contributed by atoms with E-state index in [1.54, 1.807) is 31.3 Å². The van der Waals surface area contributed by atoms with Crippen molar-refractivity contribution in [1.82, 2.24) is 16.0 Å². The van der Waals surface area contributed by atoms with E-state index >= 15 is 0 Å². The van der Waals surface area contributed by atoms with E-state index in [9.17, 15) is 4.79 Å². The van der Waals surface area contributed by atoms with Gasteiger partial charge in [-0.05, 0) is 24.1 Å². The van der Waals surface area contributed by atoms with Gasteiger partial charge in [0.15, 0.2) is 5.96 Å². The number of rotatable bonds is 7. The molecule has 7 heteroatoms. The van der Waals surface area contributed by atoms with E-state index in [1.807, 2.05) is 18.2 Å². The molecule has 0 radical (unpaired) electrons. The van der Waals surface area contributed by atoms with Crippen molar-refractivity contribution in [2.45, 2.75) is 6.42 Å². The highest BCUT2D eigenvalue weighted by Crippen LogP contribution is 2.14. The van der Waals surface area contributed by atoms with Crippen LogP contribution >= 0.6 is 35.6 Å². The molecule has 140 valence electrons. The lowest BCUT2D eigenvalue weighted by Crippen LogP contribution is -2.42. The van der Waals surface area contributed by atoms with Crippen molar-refractivity contribution in [2.24, 2.45) is 4.99 Å². The SMILES string of the molecule is CN=C(NCCNC(=O)c1ccccc1Cl)NCCc1ccccc1.I. The Bertz CT molecular complexity index is 710. The lowest BCUT2D eigenvalue weighted by Gasteiger charge is -2.12. The summed E-state index contributed by atoms with van der Waals surface area (Å²) < 4.78 is 0. The van der Waals surface area contributed by atoms with Crippen LogP contribution in [-0.2, 0) is 6.42 Å². The van der Waals surface area contributed by atoms with E-state index < -0.39 is 0 Å². The Morgan fingerprint density at radius 2 is 1.54 bits per heavy atom. The highest BCUT2D eigenvalue weighted by atomic mass is 127. The standard InChI is InChI=1S/C19H23ClN4O.HI/c1-21-19(23-12-11-15-7-3-2-4-8-15)24-14-13-22-18(25)16-9-5-6-10-17(16)20;/h2-10H,11-14H2,1H3,(H,22,25)(H2,21,23,24);1H. The van der Waals surface area contributed by atoms with E-state index in [0.29, 0.717) is 29.6 Å². The maximum Gasteiger partial charge on any atom is 0.252 e.